The van der Waals surface area contributed by atoms with Gasteiger partial charge in [0, 0.05) is 0 Å². The summed E-state index contributed by atoms with van der Waals surface area (Å²) in [4.78, 5) is 0. The number of aryl methyl sites for hydroxylation is 1. The fourth-order valence-electron chi connectivity index (χ4n) is 1.53. The number of hydrogen-bond acceptors (Lipinski definition) is 0. The molecule has 1 aromatic carbocycles. The van der Waals surface area contributed by atoms with E-state index in [1.165, 1.54) is 16.7 Å². The summed E-state index contributed by atoms with van der Waals surface area (Å²) in [7, 11) is 0. The van der Waals surface area contributed by atoms with Crippen molar-refractivity contribution >= 4 is 5.57 Å². The molecule has 0 aromatic heterocycles. The second-order valence-electron chi connectivity index (χ2n) is 3.70. The topological polar surface area (TPSA) is 0 Å². The fraction of sp³-hybridized carbons (Fsp3) is 0.200. The van der Waals surface area contributed by atoms with E-state index in [1.807, 2.05) is 19.9 Å². The molecule has 0 nitrogen and oxygen atoms in total. The molecule has 0 saturated heterocycles. The summed E-state index contributed by atoms with van der Waals surface area (Å²) in [6.07, 6.45) is 6.20. The molecule has 0 fully saturated rings. The molecule has 1 aromatic rings. The standard InChI is InChI=1S/C15H18/c1-5-6-10-14(12(2)3)15-11-8-7-9-13(15)4/h5-11H,2H2,1,3-4H3/b6-5-,14-10+. The van der Waals surface area contributed by atoms with Crippen LogP contribution >= 0.6 is 0 Å². The Morgan fingerprint density at radius 1 is 1.27 bits per heavy atom. The first kappa shape index (κ1) is 11.5. The Balaban J connectivity index is 3.22. The van der Waals surface area contributed by atoms with Crippen LogP contribution in [-0.4, -0.2) is 0 Å². The van der Waals surface area contributed by atoms with Crippen LogP contribution in [0.15, 0.2) is 54.6 Å². The molecular formula is C15H18. The predicted molar refractivity (Wildman–Crippen MR) is 68.8 cm³/mol. The van der Waals surface area contributed by atoms with Gasteiger partial charge in [-0.3, -0.25) is 0 Å². The molecule has 0 bridgehead atoms. The smallest absolute Gasteiger partial charge is 0.0152 e. The Labute approximate surface area is 92.6 Å². The predicted octanol–water partition coefficient (Wildman–Crippen LogP) is 4.53. The van der Waals surface area contributed by atoms with Gasteiger partial charge in [0.15, 0.2) is 0 Å². The Bertz CT molecular complexity index is 406. The van der Waals surface area contributed by atoms with Gasteiger partial charge >= 0.3 is 0 Å². The summed E-state index contributed by atoms with van der Waals surface area (Å²) in [5.41, 5.74) is 4.87. The Hall–Kier alpha value is -1.56. The van der Waals surface area contributed by atoms with E-state index in [4.69, 9.17) is 0 Å². The first-order chi connectivity index (χ1) is 7.16. The molecule has 0 spiro atoms. The van der Waals surface area contributed by atoms with Crippen molar-refractivity contribution in [2.75, 3.05) is 0 Å². The van der Waals surface area contributed by atoms with E-state index < -0.39 is 0 Å². The molecule has 1 rings (SSSR count). The number of rotatable bonds is 3. The lowest BCUT2D eigenvalue weighted by molar-refractivity contribution is 1.40. The normalized spacial score (nSPS) is 12.1. The van der Waals surface area contributed by atoms with Crippen LogP contribution in [0.25, 0.3) is 5.57 Å². The molecule has 15 heavy (non-hydrogen) atoms. The molecular weight excluding hydrogens is 180 g/mol. The van der Waals surface area contributed by atoms with Gasteiger partial charge in [0.1, 0.15) is 0 Å². The maximum Gasteiger partial charge on any atom is -0.0152 e. The molecule has 0 aliphatic heterocycles. The quantitative estimate of drug-likeness (QED) is 0.626. The van der Waals surface area contributed by atoms with Crippen LogP contribution in [0, 0.1) is 6.92 Å². The minimum atomic E-state index is 1.10. The monoisotopic (exact) mass is 198 g/mol. The molecule has 0 saturated carbocycles. The lowest BCUT2D eigenvalue weighted by Crippen LogP contribution is -1.89. The summed E-state index contributed by atoms with van der Waals surface area (Å²) < 4.78 is 0. The molecule has 0 heteroatoms. The van der Waals surface area contributed by atoms with Gasteiger partial charge in [-0.15, -0.1) is 0 Å². The average Bonchev–Trinajstić information content (AvgIpc) is 2.20. The van der Waals surface area contributed by atoms with Crippen LogP contribution < -0.4 is 0 Å². The summed E-state index contributed by atoms with van der Waals surface area (Å²) in [5, 5.41) is 0. The van der Waals surface area contributed by atoms with Gasteiger partial charge in [-0.1, -0.05) is 54.6 Å². The Morgan fingerprint density at radius 3 is 2.47 bits per heavy atom. The largest absolute Gasteiger partial charge is 0.0955 e. The van der Waals surface area contributed by atoms with Crippen LogP contribution in [0.4, 0.5) is 0 Å². The van der Waals surface area contributed by atoms with Gasteiger partial charge in [-0.05, 0) is 37.5 Å². The Morgan fingerprint density at radius 2 is 1.93 bits per heavy atom. The fourth-order valence-corrected chi connectivity index (χ4v) is 1.53. The van der Waals surface area contributed by atoms with E-state index in [1.54, 1.807) is 0 Å². The summed E-state index contributed by atoms with van der Waals surface area (Å²) in [5.74, 6) is 0. The van der Waals surface area contributed by atoms with E-state index in [9.17, 15) is 0 Å². The van der Waals surface area contributed by atoms with Crippen LogP contribution in [-0.2, 0) is 0 Å². The van der Waals surface area contributed by atoms with Gasteiger partial charge < -0.3 is 0 Å². The summed E-state index contributed by atoms with van der Waals surface area (Å²) in [6.45, 7) is 10.2. The minimum absolute atomic E-state index is 1.10. The molecule has 0 atom stereocenters. The maximum absolute atomic E-state index is 4.02. The van der Waals surface area contributed by atoms with E-state index in [0.29, 0.717) is 0 Å². The number of hydrogen-bond donors (Lipinski definition) is 0. The third-order valence-electron chi connectivity index (χ3n) is 2.35. The Kier molecular flexibility index (Phi) is 4.11. The average molecular weight is 198 g/mol. The van der Waals surface area contributed by atoms with Crippen molar-refractivity contribution in [3.05, 3.63) is 65.8 Å². The highest BCUT2D eigenvalue weighted by Crippen LogP contribution is 2.24. The van der Waals surface area contributed by atoms with Crippen molar-refractivity contribution in [2.45, 2.75) is 20.8 Å². The zero-order valence-corrected chi connectivity index (χ0v) is 9.75. The van der Waals surface area contributed by atoms with Crippen molar-refractivity contribution in [3.63, 3.8) is 0 Å². The van der Waals surface area contributed by atoms with E-state index in [2.05, 4.69) is 49.9 Å². The van der Waals surface area contributed by atoms with Gasteiger partial charge in [-0.2, -0.15) is 0 Å². The van der Waals surface area contributed by atoms with Gasteiger partial charge in [0.2, 0.25) is 0 Å². The molecule has 0 N–H and O–H groups in total. The van der Waals surface area contributed by atoms with Crippen LogP contribution in [0.2, 0.25) is 0 Å². The SMILES string of the molecule is C=C(C)/C(=C\C=C/C)c1ccccc1C. The number of allylic oxidation sites excluding steroid dienone is 5. The zero-order valence-electron chi connectivity index (χ0n) is 9.75. The minimum Gasteiger partial charge on any atom is -0.0955 e. The molecule has 0 amide bonds. The highest BCUT2D eigenvalue weighted by atomic mass is 14.1. The number of benzene rings is 1. The second-order valence-corrected chi connectivity index (χ2v) is 3.70. The maximum atomic E-state index is 4.02. The van der Waals surface area contributed by atoms with Gasteiger partial charge in [-0.25, -0.2) is 0 Å². The van der Waals surface area contributed by atoms with Crippen LogP contribution in [0.5, 0.6) is 0 Å². The van der Waals surface area contributed by atoms with E-state index >= 15 is 0 Å². The van der Waals surface area contributed by atoms with Crippen molar-refractivity contribution in [2.24, 2.45) is 0 Å². The molecule has 0 aliphatic carbocycles. The third kappa shape index (κ3) is 2.95. The highest BCUT2D eigenvalue weighted by molar-refractivity contribution is 5.80. The van der Waals surface area contributed by atoms with Crippen molar-refractivity contribution in [1.29, 1.82) is 0 Å². The van der Waals surface area contributed by atoms with Gasteiger partial charge in [0.25, 0.3) is 0 Å². The molecule has 0 aliphatic rings. The van der Waals surface area contributed by atoms with Gasteiger partial charge in [0.05, 0.1) is 0 Å². The van der Waals surface area contributed by atoms with E-state index in [-0.39, 0.29) is 0 Å². The van der Waals surface area contributed by atoms with Crippen molar-refractivity contribution in [3.8, 4) is 0 Å². The van der Waals surface area contributed by atoms with Crippen LogP contribution in [0.1, 0.15) is 25.0 Å². The van der Waals surface area contributed by atoms with Crippen LogP contribution in [0.3, 0.4) is 0 Å². The van der Waals surface area contributed by atoms with Crippen molar-refractivity contribution in [1.82, 2.24) is 0 Å². The van der Waals surface area contributed by atoms with Crippen molar-refractivity contribution < 1.29 is 0 Å². The summed E-state index contributed by atoms with van der Waals surface area (Å²) in [6, 6.07) is 8.39. The molecule has 0 radical (unpaired) electrons. The first-order valence-corrected chi connectivity index (χ1v) is 5.21. The second kappa shape index (κ2) is 5.35. The zero-order chi connectivity index (χ0) is 11.3. The molecule has 0 heterocycles. The summed E-state index contributed by atoms with van der Waals surface area (Å²) >= 11 is 0. The lowest BCUT2D eigenvalue weighted by Gasteiger charge is -2.09. The molecule has 0 unspecified atom stereocenters. The van der Waals surface area contributed by atoms with E-state index in [0.717, 1.165) is 5.57 Å². The highest BCUT2D eigenvalue weighted by Gasteiger charge is 2.03. The third-order valence-corrected chi connectivity index (χ3v) is 2.35. The first-order valence-electron chi connectivity index (χ1n) is 5.21. The molecule has 78 valence electrons. The lowest BCUT2D eigenvalue weighted by atomic mass is 9.95.